The van der Waals surface area contributed by atoms with Crippen LogP contribution < -0.4 is 10.6 Å². The molecule has 1 amide bonds. The maximum atomic E-state index is 11.7. The van der Waals surface area contributed by atoms with Gasteiger partial charge in [-0.15, -0.1) is 0 Å². The van der Waals surface area contributed by atoms with E-state index in [1.165, 1.54) is 6.42 Å². The highest BCUT2D eigenvalue weighted by atomic mass is 32.2. The molecule has 0 spiro atoms. The van der Waals surface area contributed by atoms with Gasteiger partial charge in [-0.3, -0.25) is 4.79 Å². The molecule has 1 saturated heterocycles. The molecule has 0 radical (unpaired) electrons. The topological polar surface area (TPSA) is 41.1 Å². The maximum absolute atomic E-state index is 11.7. The fourth-order valence-corrected chi connectivity index (χ4v) is 2.63. The molecule has 88 valence electrons. The molecule has 1 fully saturated rings. The summed E-state index contributed by atoms with van der Waals surface area (Å²) < 4.78 is 0. The number of amides is 1. The largest absolute Gasteiger partial charge is 0.353 e. The Balaban J connectivity index is 2.20. The summed E-state index contributed by atoms with van der Waals surface area (Å²) in [7, 11) is 0. The van der Waals surface area contributed by atoms with Gasteiger partial charge in [0.1, 0.15) is 0 Å². The van der Waals surface area contributed by atoms with Crippen molar-refractivity contribution in [3.8, 4) is 0 Å². The van der Waals surface area contributed by atoms with Crippen molar-refractivity contribution >= 4 is 17.7 Å². The minimum absolute atomic E-state index is 0.204. The van der Waals surface area contributed by atoms with Gasteiger partial charge in [0.25, 0.3) is 0 Å². The first kappa shape index (κ1) is 12.8. The molecule has 2 N–H and O–H groups in total. The molecule has 1 aliphatic rings. The molecule has 1 rings (SSSR count). The number of hydrogen-bond donors (Lipinski definition) is 2. The van der Waals surface area contributed by atoms with Gasteiger partial charge >= 0.3 is 0 Å². The third-order valence-electron chi connectivity index (χ3n) is 2.82. The van der Waals surface area contributed by atoms with E-state index in [9.17, 15) is 4.79 Å². The second-order valence-electron chi connectivity index (χ2n) is 4.13. The van der Waals surface area contributed by atoms with Crippen molar-refractivity contribution in [1.82, 2.24) is 10.6 Å². The van der Waals surface area contributed by atoms with Crippen LogP contribution in [0.5, 0.6) is 0 Å². The molecule has 15 heavy (non-hydrogen) atoms. The monoisotopic (exact) mass is 230 g/mol. The highest BCUT2D eigenvalue weighted by Crippen LogP contribution is 2.09. The van der Waals surface area contributed by atoms with Crippen molar-refractivity contribution in [2.75, 3.05) is 18.6 Å². The number of rotatable bonds is 6. The molecular formula is C11H22N2OS. The van der Waals surface area contributed by atoms with Crippen molar-refractivity contribution in [3.05, 3.63) is 0 Å². The van der Waals surface area contributed by atoms with Crippen LogP contribution in [0, 0.1) is 0 Å². The molecule has 2 atom stereocenters. The molecule has 1 aliphatic heterocycles. The van der Waals surface area contributed by atoms with Crippen LogP contribution in [-0.2, 0) is 4.79 Å². The molecule has 2 unspecified atom stereocenters. The van der Waals surface area contributed by atoms with Gasteiger partial charge < -0.3 is 10.6 Å². The minimum atomic E-state index is 0.204. The number of hydrogen-bond acceptors (Lipinski definition) is 3. The van der Waals surface area contributed by atoms with E-state index in [2.05, 4.69) is 23.8 Å². The first-order valence-corrected chi connectivity index (χ1v) is 7.17. The van der Waals surface area contributed by atoms with Gasteiger partial charge in [0.05, 0.1) is 0 Å². The van der Waals surface area contributed by atoms with Crippen LogP contribution in [-0.4, -0.2) is 36.5 Å². The summed E-state index contributed by atoms with van der Waals surface area (Å²) in [5.41, 5.74) is 0. The third-order valence-corrected chi connectivity index (χ3v) is 3.56. The molecular weight excluding hydrogens is 208 g/mol. The summed E-state index contributed by atoms with van der Waals surface area (Å²) >= 11 is 1.79. The van der Waals surface area contributed by atoms with E-state index in [-0.39, 0.29) is 5.91 Å². The van der Waals surface area contributed by atoms with Crippen LogP contribution in [0.4, 0.5) is 0 Å². The van der Waals surface area contributed by atoms with E-state index >= 15 is 0 Å². The van der Waals surface area contributed by atoms with E-state index in [4.69, 9.17) is 0 Å². The van der Waals surface area contributed by atoms with Crippen molar-refractivity contribution in [1.29, 1.82) is 0 Å². The summed E-state index contributed by atoms with van der Waals surface area (Å²) in [6.07, 6.45) is 6.09. The Morgan fingerprint density at radius 3 is 3.00 bits per heavy atom. The van der Waals surface area contributed by atoms with E-state index in [1.54, 1.807) is 11.8 Å². The smallest absolute Gasteiger partial charge is 0.221 e. The fourth-order valence-electron chi connectivity index (χ4n) is 1.90. The lowest BCUT2D eigenvalue weighted by molar-refractivity contribution is -0.122. The van der Waals surface area contributed by atoms with Crippen LogP contribution in [0.3, 0.4) is 0 Å². The van der Waals surface area contributed by atoms with Crippen LogP contribution in [0.2, 0.25) is 0 Å². The molecule has 3 nitrogen and oxygen atoms in total. The third kappa shape index (κ3) is 4.89. The van der Waals surface area contributed by atoms with E-state index in [1.807, 2.05) is 0 Å². The highest BCUT2D eigenvalue weighted by molar-refractivity contribution is 7.98. The van der Waals surface area contributed by atoms with Crippen LogP contribution in [0.25, 0.3) is 0 Å². The van der Waals surface area contributed by atoms with Crippen molar-refractivity contribution in [2.24, 2.45) is 0 Å². The minimum Gasteiger partial charge on any atom is -0.353 e. The van der Waals surface area contributed by atoms with Gasteiger partial charge in [0.15, 0.2) is 0 Å². The van der Waals surface area contributed by atoms with Gasteiger partial charge in [0, 0.05) is 24.3 Å². The Morgan fingerprint density at radius 1 is 1.67 bits per heavy atom. The Hall–Kier alpha value is -0.220. The standard InChI is InChI=1S/C11H22N2OS/c1-3-9(8-15-2)13-11(14)7-10-5-4-6-12-10/h9-10,12H,3-8H2,1-2H3,(H,13,14). The lowest BCUT2D eigenvalue weighted by Crippen LogP contribution is -2.39. The van der Waals surface area contributed by atoms with Gasteiger partial charge in [-0.25, -0.2) is 0 Å². The normalized spacial score (nSPS) is 22.7. The Bertz CT molecular complexity index is 193. The summed E-state index contributed by atoms with van der Waals surface area (Å²) in [6, 6.07) is 0.755. The molecule has 4 heteroatoms. The number of carbonyl (C=O) groups excluding carboxylic acids is 1. The van der Waals surface area contributed by atoms with Crippen molar-refractivity contribution in [3.63, 3.8) is 0 Å². The predicted molar refractivity (Wildman–Crippen MR) is 66.2 cm³/mol. The Kier molecular flexibility index (Phi) is 6.10. The van der Waals surface area contributed by atoms with Crippen molar-refractivity contribution < 1.29 is 4.79 Å². The second-order valence-corrected chi connectivity index (χ2v) is 5.04. The van der Waals surface area contributed by atoms with Crippen LogP contribution in [0.1, 0.15) is 32.6 Å². The zero-order valence-corrected chi connectivity index (χ0v) is 10.5. The number of thioether (sulfide) groups is 1. The molecule has 0 aromatic carbocycles. The molecule has 0 bridgehead atoms. The summed E-state index contributed by atoms with van der Waals surface area (Å²) in [6.45, 7) is 3.19. The van der Waals surface area contributed by atoms with Crippen molar-refractivity contribution in [2.45, 2.75) is 44.7 Å². The fraction of sp³-hybridized carbons (Fsp3) is 0.909. The molecule has 0 aromatic rings. The highest BCUT2D eigenvalue weighted by Gasteiger charge is 2.18. The van der Waals surface area contributed by atoms with Crippen LogP contribution >= 0.6 is 11.8 Å². The van der Waals surface area contributed by atoms with Gasteiger partial charge in [-0.05, 0) is 32.1 Å². The first-order valence-electron chi connectivity index (χ1n) is 5.78. The number of nitrogens with one attached hydrogen (secondary N) is 2. The average molecular weight is 230 g/mol. The van der Waals surface area contributed by atoms with E-state index in [0.29, 0.717) is 18.5 Å². The Labute approximate surface area is 96.8 Å². The van der Waals surface area contributed by atoms with E-state index in [0.717, 1.165) is 25.1 Å². The number of carbonyl (C=O) groups is 1. The summed E-state index contributed by atoms with van der Waals surface area (Å²) in [5.74, 6) is 1.22. The van der Waals surface area contributed by atoms with Gasteiger partial charge in [0.2, 0.25) is 5.91 Å². The van der Waals surface area contributed by atoms with Crippen LogP contribution in [0.15, 0.2) is 0 Å². The average Bonchev–Trinajstić information content (AvgIpc) is 2.69. The Morgan fingerprint density at radius 2 is 2.47 bits per heavy atom. The second kappa shape index (κ2) is 7.12. The van der Waals surface area contributed by atoms with E-state index < -0.39 is 0 Å². The van der Waals surface area contributed by atoms with Gasteiger partial charge in [-0.2, -0.15) is 11.8 Å². The summed E-state index contributed by atoms with van der Waals surface area (Å²) in [5, 5.41) is 6.44. The zero-order chi connectivity index (χ0) is 11.1. The summed E-state index contributed by atoms with van der Waals surface area (Å²) in [4.78, 5) is 11.7. The van der Waals surface area contributed by atoms with Gasteiger partial charge in [-0.1, -0.05) is 6.92 Å². The lowest BCUT2D eigenvalue weighted by Gasteiger charge is -2.17. The molecule has 1 heterocycles. The maximum Gasteiger partial charge on any atom is 0.221 e. The molecule has 0 aromatic heterocycles. The SMILES string of the molecule is CCC(CSC)NC(=O)CC1CCCN1. The molecule has 0 aliphatic carbocycles. The predicted octanol–water partition coefficient (Wildman–Crippen LogP) is 1.39. The lowest BCUT2D eigenvalue weighted by atomic mass is 10.1. The zero-order valence-electron chi connectivity index (χ0n) is 9.71. The quantitative estimate of drug-likeness (QED) is 0.724. The molecule has 0 saturated carbocycles. The first-order chi connectivity index (χ1) is 7.26.